The molecule has 1 heterocycles. The van der Waals surface area contributed by atoms with E-state index in [-0.39, 0.29) is 0 Å². The zero-order valence-corrected chi connectivity index (χ0v) is 14.7. The summed E-state index contributed by atoms with van der Waals surface area (Å²) in [5.41, 5.74) is 2.02. The number of fused-ring (bicyclic) bond motifs is 1. The number of nitrogens with zero attached hydrogens (tertiary/aromatic N) is 2. The molecule has 0 unspecified atom stereocenters. The van der Waals surface area contributed by atoms with Crippen LogP contribution < -0.4 is 0 Å². The third-order valence-corrected chi connectivity index (χ3v) is 5.07. The molecular weight excluding hydrogens is 395 g/mol. The molecule has 106 valence electrons. The predicted molar refractivity (Wildman–Crippen MR) is 96.8 cm³/mol. The molecule has 0 atom stereocenters. The molecule has 0 N–H and O–H groups in total. The molecule has 0 aliphatic rings. The zero-order chi connectivity index (χ0) is 15.0. The van der Waals surface area contributed by atoms with Crippen LogP contribution in [0.5, 0.6) is 0 Å². The van der Waals surface area contributed by atoms with Crippen molar-refractivity contribution in [2.45, 2.75) is 19.8 Å². The summed E-state index contributed by atoms with van der Waals surface area (Å²) in [6.45, 7) is 4.24. The number of aromatic nitrogens is 2. The van der Waals surface area contributed by atoms with Gasteiger partial charge in [-0.05, 0) is 39.3 Å². The Morgan fingerprint density at radius 2 is 1.71 bits per heavy atom. The van der Waals surface area contributed by atoms with Gasteiger partial charge >= 0.3 is 0 Å². The molecule has 4 heteroatoms. The maximum Gasteiger partial charge on any atom is 0.161 e. The molecule has 0 aliphatic heterocycles. The molecule has 0 bridgehead atoms. The van der Waals surface area contributed by atoms with Gasteiger partial charge in [0.25, 0.3) is 0 Å². The summed E-state index contributed by atoms with van der Waals surface area (Å²) in [5, 5.41) is 2.85. The molecule has 0 amide bonds. The second-order valence-electron chi connectivity index (χ2n) is 5.22. The number of benzene rings is 2. The summed E-state index contributed by atoms with van der Waals surface area (Å²) in [4.78, 5) is 9.23. The lowest BCUT2D eigenvalue weighted by Gasteiger charge is -2.12. The Balaban J connectivity index is 2.28. The van der Waals surface area contributed by atoms with Crippen LogP contribution in [0.4, 0.5) is 0 Å². The van der Waals surface area contributed by atoms with E-state index in [1.54, 1.807) is 0 Å². The standard InChI is InChI=1S/C17H14ClIN2/c1-10(2)15-14(19)16(18)21-17(20-15)13-9-5-7-11-6-3-4-8-12(11)13/h3-10H,1-2H3. The summed E-state index contributed by atoms with van der Waals surface area (Å²) in [7, 11) is 0. The molecule has 1 aromatic heterocycles. The molecule has 0 aliphatic carbocycles. The molecule has 0 fully saturated rings. The van der Waals surface area contributed by atoms with E-state index in [9.17, 15) is 0 Å². The van der Waals surface area contributed by atoms with Crippen molar-refractivity contribution in [1.82, 2.24) is 9.97 Å². The summed E-state index contributed by atoms with van der Waals surface area (Å²) >= 11 is 8.52. The molecule has 3 rings (SSSR count). The first-order valence-corrected chi connectivity index (χ1v) is 8.24. The fourth-order valence-electron chi connectivity index (χ4n) is 2.36. The van der Waals surface area contributed by atoms with Crippen LogP contribution in [0.2, 0.25) is 5.15 Å². The first-order valence-electron chi connectivity index (χ1n) is 6.79. The van der Waals surface area contributed by atoms with Gasteiger partial charge in [-0.3, -0.25) is 0 Å². The van der Waals surface area contributed by atoms with Crippen molar-refractivity contribution in [2.75, 3.05) is 0 Å². The van der Waals surface area contributed by atoms with Crippen LogP contribution in [0.15, 0.2) is 42.5 Å². The van der Waals surface area contributed by atoms with Gasteiger partial charge in [-0.2, -0.15) is 0 Å². The van der Waals surface area contributed by atoms with Crippen molar-refractivity contribution >= 4 is 45.0 Å². The van der Waals surface area contributed by atoms with E-state index < -0.39 is 0 Å². The van der Waals surface area contributed by atoms with Crippen LogP contribution in [0.25, 0.3) is 22.2 Å². The molecular formula is C17H14ClIN2. The summed E-state index contributed by atoms with van der Waals surface area (Å²) in [6.07, 6.45) is 0. The lowest BCUT2D eigenvalue weighted by molar-refractivity contribution is 0.808. The molecule has 3 aromatic rings. The van der Waals surface area contributed by atoms with Gasteiger partial charge in [-0.1, -0.05) is 67.9 Å². The van der Waals surface area contributed by atoms with Crippen molar-refractivity contribution in [3.05, 3.63) is 56.9 Å². The van der Waals surface area contributed by atoms with Crippen molar-refractivity contribution in [1.29, 1.82) is 0 Å². The first kappa shape index (κ1) is 14.7. The summed E-state index contributed by atoms with van der Waals surface area (Å²) in [5.74, 6) is 1.01. The third-order valence-electron chi connectivity index (χ3n) is 3.41. The Morgan fingerprint density at radius 1 is 1.00 bits per heavy atom. The van der Waals surface area contributed by atoms with E-state index in [1.165, 1.54) is 5.39 Å². The first-order chi connectivity index (χ1) is 10.1. The molecule has 2 nitrogen and oxygen atoms in total. The summed E-state index contributed by atoms with van der Waals surface area (Å²) in [6, 6.07) is 14.4. The third kappa shape index (κ3) is 2.77. The zero-order valence-electron chi connectivity index (χ0n) is 11.8. The van der Waals surface area contributed by atoms with E-state index in [2.05, 4.69) is 59.6 Å². The maximum absolute atomic E-state index is 6.31. The smallest absolute Gasteiger partial charge is 0.161 e. The van der Waals surface area contributed by atoms with Crippen LogP contribution in [-0.4, -0.2) is 9.97 Å². The van der Waals surface area contributed by atoms with Gasteiger partial charge in [0, 0.05) is 5.56 Å². The fraction of sp³-hybridized carbons (Fsp3) is 0.176. The lowest BCUT2D eigenvalue weighted by Crippen LogP contribution is -2.02. The monoisotopic (exact) mass is 408 g/mol. The average Bonchev–Trinajstić information content (AvgIpc) is 2.49. The second kappa shape index (κ2) is 5.89. The highest BCUT2D eigenvalue weighted by atomic mass is 127. The van der Waals surface area contributed by atoms with Gasteiger partial charge in [-0.25, -0.2) is 9.97 Å². The second-order valence-corrected chi connectivity index (χ2v) is 6.66. The van der Waals surface area contributed by atoms with E-state index in [1.807, 2.05) is 24.3 Å². The summed E-state index contributed by atoms with van der Waals surface area (Å²) < 4.78 is 0.938. The highest BCUT2D eigenvalue weighted by molar-refractivity contribution is 14.1. The number of hydrogen-bond donors (Lipinski definition) is 0. The SMILES string of the molecule is CC(C)c1nc(-c2cccc3ccccc23)nc(Cl)c1I. The van der Waals surface area contributed by atoms with Crippen molar-refractivity contribution in [3.63, 3.8) is 0 Å². The quantitative estimate of drug-likeness (QED) is 0.403. The Hall–Kier alpha value is -1.20. The Kier molecular flexibility index (Phi) is 4.13. The van der Waals surface area contributed by atoms with Crippen LogP contribution >= 0.6 is 34.2 Å². The topological polar surface area (TPSA) is 25.8 Å². The van der Waals surface area contributed by atoms with Crippen LogP contribution in [0, 0.1) is 3.57 Å². The van der Waals surface area contributed by atoms with E-state index in [0.29, 0.717) is 16.9 Å². The molecule has 0 radical (unpaired) electrons. The highest BCUT2D eigenvalue weighted by Crippen LogP contribution is 2.31. The van der Waals surface area contributed by atoms with Crippen LogP contribution in [0.1, 0.15) is 25.5 Å². The van der Waals surface area contributed by atoms with Crippen LogP contribution in [0.3, 0.4) is 0 Å². The van der Waals surface area contributed by atoms with Gasteiger partial charge in [0.2, 0.25) is 0 Å². The van der Waals surface area contributed by atoms with Gasteiger partial charge in [-0.15, -0.1) is 0 Å². The van der Waals surface area contributed by atoms with Gasteiger partial charge < -0.3 is 0 Å². The number of halogens is 2. The Labute approximate surface area is 142 Å². The van der Waals surface area contributed by atoms with Crippen LogP contribution in [-0.2, 0) is 0 Å². The maximum atomic E-state index is 6.31. The fourth-order valence-corrected chi connectivity index (χ4v) is 3.40. The molecule has 21 heavy (non-hydrogen) atoms. The minimum Gasteiger partial charge on any atom is -0.232 e. The van der Waals surface area contributed by atoms with E-state index in [4.69, 9.17) is 16.6 Å². The van der Waals surface area contributed by atoms with Gasteiger partial charge in [0.1, 0.15) is 5.15 Å². The average molecular weight is 409 g/mol. The minimum absolute atomic E-state index is 0.311. The number of hydrogen-bond acceptors (Lipinski definition) is 2. The van der Waals surface area contributed by atoms with E-state index >= 15 is 0 Å². The van der Waals surface area contributed by atoms with Crippen molar-refractivity contribution in [2.24, 2.45) is 0 Å². The molecule has 0 saturated heterocycles. The number of rotatable bonds is 2. The Morgan fingerprint density at radius 3 is 2.48 bits per heavy atom. The van der Waals surface area contributed by atoms with Gasteiger partial charge in [0.05, 0.1) is 9.26 Å². The van der Waals surface area contributed by atoms with E-state index in [0.717, 1.165) is 20.2 Å². The lowest BCUT2D eigenvalue weighted by atomic mass is 10.0. The normalized spacial score (nSPS) is 11.3. The Bertz CT molecular complexity index is 810. The molecule has 0 spiro atoms. The highest BCUT2D eigenvalue weighted by Gasteiger charge is 2.15. The molecule has 0 saturated carbocycles. The van der Waals surface area contributed by atoms with Gasteiger partial charge in [0.15, 0.2) is 5.82 Å². The largest absolute Gasteiger partial charge is 0.232 e. The predicted octanol–water partition coefficient (Wildman–Crippen LogP) is 5.68. The van der Waals surface area contributed by atoms with Crippen molar-refractivity contribution < 1.29 is 0 Å². The minimum atomic E-state index is 0.311. The van der Waals surface area contributed by atoms with Crippen molar-refractivity contribution in [3.8, 4) is 11.4 Å². The molecule has 2 aromatic carbocycles.